The molecule has 0 aliphatic carbocycles. The summed E-state index contributed by atoms with van der Waals surface area (Å²) in [6.07, 6.45) is 2.14. The van der Waals surface area contributed by atoms with Gasteiger partial charge in [0.25, 0.3) is 5.91 Å². The Balaban J connectivity index is 2.12. The normalized spacial score (nSPS) is 22.6. The van der Waals surface area contributed by atoms with Crippen LogP contribution in [-0.2, 0) is 4.74 Å². The summed E-state index contributed by atoms with van der Waals surface area (Å²) in [5.74, 6) is -1.24. The highest BCUT2D eigenvalue weighted by molar-refractivity contribution is 5.95. The zero-order valence-electron chi connectivity index (χ0n) is 11.6. The second kappa shape index (κ2) is 5.58. The maximum atomic E-state index is 12.4. The van der Waals surface area contributed by atoms with E-state index >= 15 is 0 Å². The monoisotopic (exact) mass is 278 g/mol. The second-order valence-corrected chi connectivity index (χ2v) is 5.12. The van der Waals surface area contributed by atoms with Gasteiger partial charge in [0.05, 0.1) is 17.8 Å². The number of aromatic carboxylic acids is 1. The average Bonchev–Trinajstić information content (AvgIpc) is 2.46. The average molecular weight is 278 g/mol. The molecule has 0 bridgehead atoms. The Labute approximate surface area is 117 Å². The molecule has 1 aromatic rings. The molecule has 20 heavy (non-hydrogen) atoms. The van der Waals surface area contributed by atoms with Crippen molar-refractivity contribution in [1.29, 1.82) is 0 Å². The van der Waals surface area contributed by atoms with Gasteiger partial charge in [0.1, 0.15) is 5.69 Å². The molecule has 2 heterocycles. The molecule has 1 fully saturated rings. The van der Waals surface area contributed by atoms with E-state index in [0.29, 0.717) is 25.3 Å². The van der Waals surface area contributed by atoms with Gasteiger partial charge in [0, 0.05) is 19.3 Å². The third-order valence-corrected chi connectivity index (χ3v) is 3.60. The van der Waals surface area contributed by atoms with Gasteiger partial charge < -0.3 is 14.7 Å². The number of carbonyl (C=O) groups excluding carboxylic acids is 1. The first kappa shape index (κ1) is 14.5. The summed E-state index contributed by atoms with van der Waals surface area (Å²) in [5, 5.41) is 8.79. The van der Waals surface area contributed by atoms with Crippen LogP contribution >= 0.6 is 0 Å². The highest BCUT2D eigenvalue weighted by Crippen LogP contribution is 2.22. The number of hydrogen-bond acceptors (Lipinski definition) is 4. The van der Waals surface area contributed by atoms with Crippen LogP contribution in [-0.4, -0.2) is 52.2 Å². The molecular formula is C14H18N2O4. The molecule has 0 radical (unpaired) electrons. The van der Waals surface area contributed by atoms with Crippen molar-refractivity contribution >= 4 is 11.9 Å². The van der Waals surface area contributed by atoms with Crippen LogP contribution < -0.4 is 0 Å². The van der Waals surface area contributed by atoms with E-state index in [1.165, 1.54) is 18.3 Å². The Bertz CT molecular complexity index is 514. The number of carboxylic acids is 1. The SMILES string of the molecule is CCC1(C)CN(C(=O)c2ccc(C(=O)O)nc2)CCO1. The number of pyridine rings is 1. The van der Waals surface area contributed by atoms with Gasteiger partial charge in [-0.3, -0.25) is 4.79 Å². The minimum Gasteiger partial charge on any atom is -0.477 e. The predicted octanol–water partition coefficient (Wildman–Crippen LogP) is 1.42. The van der Waals surface area contributed by atoms with Crippen LogP contribution in [0.15, 0.2) is 18.3 Å². The molecule has 6 heteroatoms. The highest BCUT2D eigenvalue weighted by atomic mass is 16.5. The fraction of sp³-hybridized carbons (Fsp3) is 0.500. The van der Waals surface area contributed by atoms with E-state index in [2.05, 4.69) is 4.98 Å². The van der Waals surface area contributed by atoms with Crippen LogP contribution in [0.3, 0.4) is 0 Å². The highest BCUT2D eigenvalue weighted by Gasteiger charge is 2.33. The Kier molecular flexibility index (Phi) is 4.04. The Morgan fingerprint density at radius 1 is 1.50 bits per heavy atom. The van der Waals surface area contributed by atoms with Crippen LogP contribution in [0, 0.1) is 0 Å². The van der Waals surface area contributed by atoms with Crippen molar-refractivity contribution in [3.05, 3.63) is 29.6 Å². The molecule has 1 amide bonds. The van der Waals surface area contributed by atoms with Crippen LogP contribution in [0.5, 0.6) is 0 Å². The Morgan fingerprint density at radius 2 is 2.25 bits per heavy atom. The number of amides is 1. The lowest BCUT2D eigenvalue weighted by Crippen LogP contribution is -2.51. The topological polar surface area (TPSA) is 79.7 Å². The van der Waals surface area contributed by atoms with Gasteiger partial charge in [-0.05, 0) is 25.5 Å². The summed E-state index contributed by atoms with van der Waals surface area (Å²) in [7, 11) is 0. The summed E-state index contributed by atoms with van der Waals surface area (Å²) >= 11 is 0. The maximum Gasteiger partial charge on any atom is 0.354 e. The quantitative estimate of drug-likeness (QED) is 0.904. The summed E-state index contributed by atoms with van der Waals surface area (Å²) in [6.45, 7) is 5.59. The van der Waals surface area contributed by atoms with E-state index < -0.39 is 5.97 Å². The van der Waals surface area contributed by atoms with Crippen molar-refractivity contribution < 1.29 is 19.4 Å². The lowest BCUT2D eigenvalue weighted by atomic mass is 10.0. The molecule has 0 spiro atoms. The molecule has 1 unspecified atom stereocenters. The van der Waals surface area contributed by atoms with E-state index in [4.69, 9.17) is 9.84 Å². The zero-order chi connectivity index (χ0) is 14.8. The minimum atomic E-state index is -1.10. The maximum absolute atomic E-state index is 12.4. The van der Waals surface area contributed by atoms with Crippen molar-refractivity contribution in [2.45, 2.75) is 25.9 Å². The number of carboxylic acid groups (broad SMARTS) is 1. The molecule has 1 aliphatic rings. The third-order valence-electron chi connectivity index (χ3n) is 3.60. The van der Waals surface area contributed by atoms with E-state index in [9.17, 15) is 9.59 Å². The predicted molar refractivity (Wildman–Crippen MR) is 71.7 cm³/mol. The number of aromatic nitrogens is 1. The third kappa shape index (κ3) is 2.96. The van der Waals surface area contributed by atoms with Crippen molar-refractivity contribution in [3.8, 4) is 0 Å². The van der Waals surface area contributed by atoms with Crippen molar-refractivity contribution in [2.24, 2.45) is 0 Å². The van der Waals surface area contributed by atoms with E-state index in [1.807, 2.05) is 13.8 Å². The van der Waals surface area contributed by atoms with Crippen molar-refractivity contribution in [3.63, 3.8) is 0 Å². The number of carbonyl (C=O) groups is 2. The van der Waals surface area contributed by atoms with Gasteiger partial charge in [-0.2, -0.15) is 0 Å². The first-order valence-corrected chi connectivity index (χ1v) is 6.58. The fourth-order valence-corrected chi connectivity index (χ4v) is 2.15. The molecule has 1 N–H and O–H groups in total. The van der Waals surface area contributed by atoms with Gasteiger partial charge in [-0.1, -0.05) is 6.92 Å². The number of morpholine rings is 1. The van der Waals surface area contributed by atoms with Crippen molar-refractivity contribution in [2.75, 3.05) is 19.7 Å². The minimum absolute atomic E-state index is 0.0677. The molecule has 108 valence electrons. The molecule has 0 aromatic carbocycles. The summed E-state index contributed by atoms with van der Waals surface area (Å²) in [4.78, 5) is 28.6. The van der Waals surface area contributed by atoms with E-state index in [1.54, 1.807) is 4.90 Å². The van der Waals surface area contributed by atoms with Gasteiger partial charge in [0.2, 0.25) is 0 Å². The fourth-order valence-electron chi connectivity index (χ4n) is 2.15. The van der Waals surface area contributed by atoms with Gasteiger partial charge in [-0.15, -0.1) is 0 Å². The zero-order valence-corrected chi connectivity index (χ0v) is 11.6. The first-order chi connectivity index (χ1) is 9.45. The van der Waals surface area contributed by atoms with E-state index in [0.717, 1.165) is 6.42 Å². The van der Waals surface area contributed by atoms with Crippen LogP contribution in [0.2, 0.25) is 0 Å². The van der Waals surface area contributed by atoms with Crippen LogP contribution in [0.4, 0.5) is 0 Å². The molecule has 6 nitrogen and oxygen atoms in total. The van der Waals surface area contributed by atoms with Crippen LogP contribution in [0.25, 0.3) is 0 Å². The lowest BCUT2D eigenvalue weighted by molar-refractivity contribution is -0.0897. The summed E-state index contributed by atoms with van der Waals surface area (Å²) in [5.41, 5.74) is 0.0137. The van der Waals surface area contributed by atoms with Gasteiger partial charge in [-0.25, -0.2) is 9.78 Å². The summed E-state index contributed by atoms with van der Waals surface area (Å²) in [6, 6.07) is 2.84. The Hall–Kier alpha value is -1.95. The number of ether oxygens (including phenoxy) is 1. The number of rotatable bonds is 3. The van der Waals surface area contributed by atoms with Crippen LogP contribution in [0.1, 0.15) is 41.1 Å². The first-order valence-electron chi connectivity index (χ1n) is 6.58. The molecule has 1 saturated heterocycles. The van der Waals surface area contributed by atoms with Crippen molar-refractivity contribution in [1.82, 2.24) is 9.88 Å². The largest absolute Gasteiger partial charge is 0.477 e. The lowest BCUT2D eigenvalue weighted by Gasteiger charge is -2.40. The molecular weight excluding hydrogens is 260 g/mol. The van der Waals surface area contributed by atoms with Gasteiger partial charge in [0.15, 0.2) is 0 Å². The van der Waals surface area contributed by atoms with E-state index in [-0.39, 0.29) is 17.2 Å². The second-order valence-electron chi connectivity index (χ2n) is 5.12. The molecule has 0 saturated carbocycles. The molecule has 1 aliphatic heterocycles. The summed E-state index contributed by atoms with van der Waals surface area (Å²) < 4.78 is 5.69. The molecule has 1 aromatic heterocycles. The Morgan fingerprint density at radius 3 is 2.80 bits per heavy atom. The number of nitrogens with zero attached hydrogens (tertiary/aromatic N) is 2. The number of hydrogen-bond donors (Lipinski definition) is 1. The molecule has 1 atom stereocenters. The smallest absolute Gasteiger partial charge is 0.354 e. The molecule has 2 rings (SSSR count). The van der Waals surface area contributed by atoms with Gasteiger partial charge >= 0.3 is 5.97 Å². The standard InChI is InChI=1S/C14H18N2O4/c1-3-14(2)9-16(6-7-20-14)12(17)10-4-5-11(13(18)19)15-8-10/h4-5,8H,3,6-7,9H2,1-2H3,(H,18,19).